The molecular weight excluding hydrogens is 241 g/mol. The molecule has 0 atom stereocenters. The van der Waals surface area contributed by atoms with E-state index in [4.69, 9.17) is 4.74 Å². The molecule has 0 aliphatic heterocycles. The van der Waals surface area contributed by atoms with E-state index in [0.717, 1.165) is 17.9 Å². The van der Waals surface area contributed by atoms with Gasteiger partial charge in [0.1, 0.15) is 17.3 Å². The summed E-state index contributed by atoms with van der Waals surface area (Å²) in [6, 6.07) is 10.8. The fraction of sp³-hybridized carbons (Fsp3) is 0.250. The van der Waals surface area contributed by atoms with Gasteiger partial charge in [0.15, 0.2) is 0 Å². The maximum absolute atomic E-state index is 13.2. The predicted molar refractivity (Wildman–Crippen MR) is 75.2 cm³/mol. The van der Waals surface area contributed by atoms with Gasteiger partial charge in [-0.25, -0.2) is 4.39 Å². The maximum atomic E-state index is 13.2. The number of hydrogen-bond donors (Lipinski definition) is 1. The van der Waals surface area contributed by atoms with Crippen molar-refractivity contribution in [1.82, 2.24) is 5.32 Å². The van der Waals surface area contributed by atoms with Crippen LogP contribution in [-0.2, 0) is 6.54 Å². The molecule has 0 aromatic heterocycles. The van der Waals surface area contributed by atoms with Crippen molar-refractivity contribution >= 4 is 0 Å². The highest BCUT2D eigenvalue weighted by Crippen LogP contribution is 2.27. The number of rotatable bonds is 4. The topological polar surface area (TPSA) is 21.3 Å². The second kappa shape index (κ2) is 5.85. The monoisotopic (exact) mass is 259 g/mol. The Bertz CT molecular complexity index is 581. The normalized spacial score (nSPS) is 10.5. The highest BCUT2D eigenvalue weighted by Gasteiger charge is 2.06. The zero-order chi connectivity index (χ0) is 13.8. The number of hydrogen-bond acceptors (Lipinski definition) is 2. The third-order valence-corrected chi connectivity index (χ3v) is 2.94. The molecule has 0 saturated heterocycles. The highest BCUT2D eigenvalue weighted by molar-refractivity contribution is 5.41. The molecule has 0 fully saturated rings. The molecule has 0 amide bonds. The Morgan fingerprint density at radius 2 is 1.89 bits per heavy atom. The summed E-state index contributed by atoms with van der Waals surface area (Å²) in [6.07, 6.45) is 0. The fourth-order valence-electron chi connectivity index (χ4n) is 1.94. The van der Waals surface area contributed by atoms with Crippen molar-refractivity contribution in [2.45, 2.75) is 20.4 Å². The van der Waals surface area contributed by atoms with Gasteiger partial charge >= 0.3 is 0 Å². The molecule has 3 heteroatoms. The highest BCUT2D eigenvalue weighted by atomic mass is 19.1. The van der Waals surface area contributed by atoms with Gasteiger partial charge in [-0.3, -0.25) is 0 Å². The van der Waals surface area contributed by atoms with E-state index in [1.165, 1.54) is 11.6 Å². The number of benzene rings is 2. The number of halogens is 1. The predicted octanol–water partition coefficient (Wildman–Crippen LogP) is 3.95. The van der Waals surface area contributed by atoms with Gasteiger partial charge in [-0.05, 0) is 50.7 Å². The van der Waals surface area contributed by atoms with Crippen LogP contribution in [0.25, 0.3) is 0 Å². The number of ether oxygens (including phenoxy) is 1. The molecule has 0 aliphatic rings. The van der Waals surface area contributed by atoms with Crippen LogP contribution in [0.4, 0.5) is 4.39 Å². The maximum Gasteiger partial charge on any atom is 0.131 e. The first-order valence-electron chi connectivity index (χ1n) is 6.28. The molecule has 0 heterocycles. The van der Waals surface area contributed by atoms with Crippen LogP contribution >= 0.6 is 0 Å². The first-order chi connectivity index (χ1) is 9.10. The Balaban J connectivity index is 2.29. The molecule has 0 spiro atoms. The molecule has 100 valence electrons. The minimum absolute atomic E-state index is 0.216. The van der Waals surface area contributed by atoms with Crippen molar-refractivity contribution in [3.05, 3.63) is 58.9 Å². The summed E-state index contributed by atoms with van der Waals surface area (Å²) in [5.41, 5.74) is 2.86. The first-order valence-corrected chi connectivity index (χ1v) is 6.28. The van der Waals surface area contributed by atoms with Gasteiger partial charge in [0.05, 0.1) is 0 Å². The smallest absolute Gasteiger partial charge is 0.131 e. The summed E-state index contributed by atoms with van der Waals surface area (Å²) in [5, 5.41) is 3.12. The minimum atomic E-state index is -0.216. The fourth-order valence-corrected chi connectivity index (χ4v) is 1.94. The zero-order valence-corrected chi connectivity index (χ0v) is 11.5. The van der Waals surface area contributed by atoms with Crippen LogP contribution in [0.5, 0.6) is 11.5 Å². The van der Waals surface area contributed by atoms with Crippen molar-refractivity contribution in [3.63, 3.8) is 0 Å². The lowest BCUT2D eigenvalue weighted by molar-refractivity contribution is 0.471. The van der Waals surface area contributed by atoms with E-state index in [9.17, 15) is 4.39 Å². The molecule has 2 nitrogen and oxygen atoms in total. The Hall–Kier alpha value is -1.87. The van der Waals surface area contributed by atoms with Crippen LogP contribution in [0.3, 0.4) is 0 Å². The summed E-state index contributed by atoms with van der Waals surface area (Å²) < 4.78 is 19.1. The number of aryl methyl sites for hydroxylation is 2. The van der Waals surface area contributed by atoms with E-state index < -0.39 is 0 Å². The van der Waals surface area contributed by atoms with Crippen molar-refractivity contribution in [3.8, 4) is 11.5 Å². The van der Waals surface area contributed by atoms with Crippen molar-refractivity contribution in [2.24, 2.45) is 0 Å². The largest absolute Gasteiger partial charge is 0.457 e. The average molecular weight is 259 g/mol. The third-order valence-electron chi connectivity index (χ3n) is 2.94. The standard InChI is InChI=1S/C16H18FNO/c1-11-4-7-16(13(8-11)10-18-3)19-14-5-6-15(17)12(2)9-14/h4-9,18H,10H2,1-3H3. The van der Waals surface area contributed by atoms with Gasteiger partial charge < -0.3 is 10.1 Å². The summed E-state index contributed by atoms with van der Waals surface area (Å²) in [4.78, 5) is 0. The molecule has 1 N–H and O–H groups in total. The molecule has 0 radical (unpaired) electrons. The van der Waals surface area contributed by atoms with Crippen molar-refractivity contribution in [1.29, 1.82) is 0 Å². The molecular formula is C16H18FNO. The summed E-state index contributed by atoms with van der Waals surface area (Å²) >= 11 is 0. The van der Waals surface area contributed by atoms with E-state index in [1.807, 2.05) is 26.1 Å². The molecule has 0 unspecified atom stereocenters. The van der Waals surface area contributed by atoms with Crippen LogP contribution in [0.15, 0.2) is 36.4 Å². The minimum Gasteiger partial charge on any atom is -0.457 e. The Morgan fingerprint density at radius 1 is 1.11 bits per heavy atom. The first kappa shape index (κ1) is 13.6. The summed E-state index contributed by atoms with van der Waals surface area (Å²) in [5.74, 6) is 1.23. The van der Waals surface area contributed by atoms with Crippen LogP contribution in [0, 0.1) is 19.7 Å². The quantitative estimate of drug-likeness (QED) is 0.897. The molecule has 2 rings (SSSR count). The Kier molecular flexibility index (Phi) is 4.17. The van der Waals surface area contributed by atoms with E-state index in [2.05, 4.69) is 11.4 Å². The molecule has 0 bridgehead atoms. The number of nitrogens with one attached hydrogen (secondary N) is 1. The molecule has 0 aliphatic carbocycles. The van der Waals surface area contributed by atoms with Crippen LogP contribution in [0.2, 0.25) is 0 Å². The van der Waals surface area contributed by atoms with Gasteiger partial charge in [0.2, 0.25) is 0 Å². The van der Waals surface area contributed by atoms with Crippen molar-refractivity contribution in [2.75, 3.05) is 7.05 Å². The summed E-state index contributed by atoms with van der Waals surface area (Å²) in [7, 11) is 1.90. The lowest BCUT2D eigenvalue weighted by atomic mass is 10.1. The molecule has 2 aromatic carbocycles. The van der Waals surface area contributed by atoms with Gasteiger partial charge in [-0.2, -0.15) is 0 Å². The van der Waals surface area contributed by atoms with E-state index in [-0.39, 0.29) is 5.82 Å². The molecule has 2 aromatic rings. The van der Waals surface area contributed by atoms with Gasteiger partial charge in [-0.1, -0.05) is 17.7 Å². The van der Waals surface area contributed by atoms with Crippen LogP contribution in [0.1, 0.15) is 16.7 Å². The average Bonchev–Trinajstić information content (AvgIpc) is 2.37. The van der Waals surface area contributed by atoms with E-state index in [0.29, 0.717) is 11.3 Å². The SMILES string of the molecule is CNCc1cc(C)ccc1Oc1ccc(F)c(C)c1. The van der Waals surface area contributed by atoms with E-state index >= 15 is 0 Å². The Labute approximate surface area is 113 Å². The van der Waals surface area contributed by atoms with Gasteiger partial charge in [-0.15, -0.1) is 0 Å². The second-order valence-corrected chi connectivity index (χ2v) is 4.65. The lowest BCUT2D eigenvalue weighted by Gasteiger charge is -2.12. The zero-order valence-electron chi connectivity index (χ0n) is 11.5. The van der Waals surface area contributed by atoms with Crippen LogP contribution in [-0.4, -0.2) is 7.05 Å². The second-order valence-electron chi connectivity index (χ2n) is 4.65. The Morgan fingerprint density at radius 3 is 2.58 bits per heavy atom. The molecule has 19 heavy (non-hydrogen) atoms. The summed E-state index contributed by atoms with van der Waals surface area (Å²) in [6.45, 7) is 4.51. The van der Waals surface area contributed by atoms with Gasteiger partial charge in [0.25, 0.3) is 0 Å². The van der Waals surface area contributed by atoms with Crippen LogP contribution < -0.4 is 10.1 Å². The lowest BCUT2D eigenvalue weighted by Crippen LogP contribution is -2.06. The van der Waals surface area contributed by atoms with Crippen molar-refractivity contribution < 1.29 is 9.13 Å². The van der Waals surface area contributed by atoms with Gasteiger partial charge in [0, 0.05) is 12.1 Å². The van der Waals surface area contributed by atoms with E-state index in [1.54, 1.807) is 19.1 Å². The molecule has 0 saturated carbocycles. The third kappa shape index (κ3) is 3.32.